The summed E-state index contributed by atoms with van der Waals surface area (Å²) < 4.78 is 6.55. The summed E-state index contributed by atoms with van der Waals surface area (Å²) in [5, 5.41) is 13.8. The molecule has 3 heterocycles. The largest absolute Gasteiger partial charge is 0.500 e. The molecule has 0 saturated carbocycles. The van der Waals surface area contributed by atoms with E-state index in [4.69, 9.17) is 4.42 Å². The van der Waals surface area contributed by atoms with E-state index >= 15 is 0 Å². The van der Waals surface area contributed by atoms with E-state index in [-0.39, 0.29) is 25.5 Å². The molecule has 56 heavy (non-hydrogen) atoms. The molecule has 0 aliphatic rings. The maximum absolute atomic E-state index is 6.55. The summed E-state index contributed by atoms with van der Waals surface area (Å²) in [6.07, 6.45) is 3.81. The molecule has 0 fully saturated rings. The molecule has 285 valence electrons. The van der Waals surface area contributed by atoms with Crippen LogP contribution in [0.15, 0.2) is 132 Å². The van der Waals surface area contributed by atoms with E-state index in [0.29, 0.717) is 5.82 Å². The predicted octanol–water partition coefficient (Wildman–Crippen LogP) is 11.5. The van der Waals surface area contributed by atoms with Crippen LogP contribution in [0.5, 0.6) is 0 Å². The molecule has 0 bridgehead atoms. The minimum Gasteiger partial charge on any atom is -0.500 e. The monoisotopic (exact) mass is 945 g/mol. The Morgan fingerprint density at radius 2 is 1.20 bits per heavy atom. The van der Waals surface area contributed by atoms with Crippen LogP contribution in [0.3, 0.4) is 0 Å². The standard InChI is InChI=1S/C34H32N3OSi.C14H16NSi.Ir/c1-34(2,3)30-21-35-33(37-36-30)29-12-8-11-28-27-10-7-9-26(31(27)38-32(28)29)24-15-13-22(14-16-24)23-17-19-25(20-18-23)39(4,5)6;1-16(2,3)13-9-10-14(15-11-13)12-7-5-4-6-8-12;/h7-11,13-21H,1-6H3;4-7,9-11H,1-3H3;/q2*-1;. The van der Waals surface area contributed by atoms with Crippen LogP contribution in [0.25, 0.3) is 66.8 Å². The fraction of sp³-hybridized carbons (Fsp3) is 0.208. The van der Waals surface area contributed by atoms with Gasteiger partial charge in [-0.1, -0.05) is 155 Å². The van der Waals surface area contributed by atoms with Gasteiger partial charge in [-0.05, 0) is 27.6 Å². The SMILES string of the molecule is CC(C)(C)c1cnc(-c2[c-]ccc3c2oc2c(-c4ccc(-c5ccc([Si](C)(C)C)cc5)cc4)cccc23)nn1.C[Si](C)(C)c1ccc(-c2[c-]cccc2)nc1.[Ir]. The van der Waals surface area contributed by atoms with Crippen molar-refractivity contribution in [2.45, 2.75) is 65.5 Å². The van der Waals surface area contributed by atoms with Crippen molar-refractivity contribution in [1.29, 1.82) is 0 Å². The molecule has 0 amide bonds. The summed E-state index contributed by atoms with van der Waals surface area (Å²) in [5.41, 5.74) is 9.69. The van der Waals surface area contributed by atoms with Crippen molar-refractivity contribution < 1.29 is 24.5 Å². The fourth-order valence-corrected chi connectivity index (χ4v) is 8.65. The minimum absolute atomic E-state index is 0. The molecule has 5 aromatic carbocycles. The van der Waals surface area contributed by atoms with E-state index in [0.717, 1.165) is 55.6 Å². The number of aromatic nitrogens is 4. The third-order valence-corrected chi connectivity index (χ3v) is 14.0. The van der Waals surface area contributed by atoms with Crippen molar-refractivity contribution in [3.05, 3.63) is 145 Å². The minimum atomic E-state index is -1.31. The van der Waals surface area contributed by atoms with Gasteiger partial charge in [0, 0.05) is 48.9 Å². The quantitative estimate of drug-likeness (QED) is 0.123. The first-order chi connectivity index (χ1) is 26.2. The van der Waals surface area contributed by atoms with Gasteiger partial charge in [0.2, 0.25) is 0 Å². The molecule has 8 aromatic rings. The Hall–Kier alpha value is -4.86. The van der Waals surface area contributed by atoms with Crippen LogP contribution in [-0.4, -0.2) is 36.3 Å². The van der Waals surface area contributed by atoms with Crippen LogP contribution in [0, 0.1) is 12.1 Å². The van der Waals surface area contributed by atoms with Crippen molar-refractivity contribution in [1.82, 2.24) is 20.2 Å². The average Bonchev–Trinajstić information content (AvgIpc) is 3.57. The zero-order valence-electron chi connectivity index (χ0n) is 33.7. The molecule has 0 N–H and O–H groups in total. The number of hydrogen-bond donors (Lipinski definition) is 0. The second-order valence-electron chi connectivity index (χ2n) is 17.2. The molecular weight excluding hydrogens is 897 g/mol. The third kappa shape index (κ3) is 8.90. The zero-order chi connectivity index (χ0) is 39.0. The van der Waals surface area contributed by atoms with Gasteiger partial charge in [0.05, 0.1) is 27.4 Å². The average molecular weight is 945 g/mol. The van der Waals surface area contributed by atoms with Gasteiger partial charge in [-0.25, -0.2) is 0 Å². The number of benzene rings is 5. The number of hydrogen-bond acceptors (Lipinski definition) is 5. The Labute approximate surface area is 347 Å². The molecule has 3 aromatic heterocycles. The Bertz CT molecular complexity index is 2550. The Kier molecular flexibility index (Phi) is 11.9. The van der Waals surface area contributed by atoms with Crippen molar-refractivity contribution >= 4 is 48.5 Å². The fourth-order valence-electron chi connectivity index (χ4n) is 6.44. The molecule has 0 unspecified atom stereocenters. The first-order valence-corrected chi connectivity index (χ1v) is 25.9. The number of fused-ring (bicyclic) bond motifs is 3. The molecule has 0 spiro atoms. The molecule has 0 aliphatic heterocycles. The molecule has 1 radical (unpaired) electrons. The van der Waals surface area contributed by atoms with Gasteiger partial charge < -0.3 is 9.40 Å². The van der Waals surface area contributed by atoms with Crippen LogP contribution < -0.4 is 10.4 Å². The Morgan fingerprint density at radius 3 is 1.77 bits per heavy atom. The normalized spacial score (nSPS) is 11.9. The summed E-state index contributed by atoms with van der Waals surface area (Å²) in [6, 6.07) is 46.8. The second kappa shape index (κ2) is 16.3. The van der Waals surface area contributed by atoms with Crippen LogP contribution in [0.4, 0.5) is 0 Å². The molecule has 0 aliphatic carbocycles. The number of rotatable bonds is 6. The molecule has 0 saturated heterocycles. The van der Waals surface area contributed by atoms with Crippen LogP contribution >= 0.6 is 0 Å². The summed E-state index contributed by atoms with van der Waals surface area (Å²) in [6.45, 7) is 20.4. The van der Waals surface area contributed by atoms with Gasteiger partial charge in [0.1, 0.15) is 11.4 Å². The summed E-state index contributed by atoms with van der Waals surface area (Å²) in [7, 11) is -2.54. The van der Waals surface area contributed by atoms with Gasteiger partial charge in [-0.2, -0.15) is 10.2 Å². The van der Waals surface area contributed by atoms with Crippen LogP contribution in [0.2, 0.25) is 39.3 Å². The molecule has 5 nitrogen and oxygen atoms in total. The second-order valence-corrected chi connectivity index (χ2v) is 27.3. The number of furan rings is 1. The molecule has 0 atom stereocenters. The van der Waals surface area contributed by atoms with Gasteiger partial charge >= 0.3 is 0 Å². The summed E-state index contributed by atoms with van der Waals surface area (Å²) in [5.74, 6) is 0.513. The topological polar surface area (TPSA) is 64.7 Å². The van der Waals surface area contributed by atoms with Crippen molar-refractivity contribution in [3.8, 4) is 44.9 Å². The van der Waals surface area contributed by atoms with Gasteiger partial charge in [-0.3, -0.25) is 4.98 Å². The van der Waals surface area contributed by atoms with Gasteiger partial charge in [0.25, 0.3) is 0 Å². The van der Waals surface area contributed by atoms with Crippen molar-refractivity contribution in [3.63, 3.8) is 0 Å². The maximum Gasteiger partial charge on any atom is 0.128 e. The Balaban J connectivity index is 0.000000263. The van der Waals surface area contributed by atoms with Crippen molar-refractivity contribution in [2.24, 2.45) is 0 Å². The zero-order valence-corrected chi connectivity index (χ0v) is 38.0. The smallest absolute Gasteiger partial charge is 0.128 e. The third-order valence-electron chi connectivity index (χ3n) is 9.91. The Morgan fingerprint density at radius 1 is 0.554 bits per heavy atom. The summed E-state index contributed by atoms with van der Waals surface area (Å²) >= 11 is 0. The van der Waals surface area contributed by atoms with Crippen molar-refractivity contribution in [2.75, 3.05) is 0 Å². The molecule has 8 heteroatoms. The summed E-state index contributed by atoms with van der Waals surface area (Å²) in [4.78, 5) is 9.13. The number of para-hydroxylation sites is 1. The predicted molar refractivity (Wildman–Crippen MR) is 235 cm³/mol. The maximum atomic E-state index is 6.55. The van der Waals surface area contributed by atoms with E-state index in [9.17, 15) is 0 Å². The first kappa shape index (κ1) is 40.8. The van der Waals surface area contributed by atoms with E-state index in [1.54, 1.807) is 6.20 Å². The van der Waals surface area contributed by atoms with Crippen LogP contribution in [0.1, 0.15) is 26.5 Å². The van der Waals surface area contributed by atoms with Gasteiger partial charge in [0.15, 0.2) is 0 Å². The van der Waals surface area contributed by atoms with Gasteiger partial charge in [-0.15, -0.1) is 54.1 Å². The van der Waals surface area contributed by atoms with E-state index in [1.807, 2.05) is 42.6 Å². The molecular formula is C48H48IrN4OSi2-2. The molecule has 8 rings (SSSR count). The van der Waals surface area contributed by atoms with E-state index in [2.05, 4.69) is 171 Å². The first-order valence-electron chi connectivity index (χ1n) is 18.9. The van der Waals surface area contributed by atoms with E-state index in [1.165, 1.54) is 21.5 Å². The van der Waals surface area contributed by atoms with E-state index < -0.39 is 16.1 Å². The number of pyridine rings is 1. The van der Waals surface area contributed by atoms with Crippen LogP contribution in [-0.2, 0) is 25.5 Å². The number of nitrogens with zero attached hydrogens (tertiary/aromatic N) is 4.